The van der Waals surface area contributed by atoms with Gasteiger partial charge in [0, 0.05) is 6.20 Å². The molecule has 1 aliphatic heterocycles. The van der Waals surface area contributed by atoms with Crippen molar-refractivity contribution in [2.45, 2.75) is 30.6 Å². The first kappa shape index (κ1) is 13.9. The van der Waals surface area contributed by atoms with Gasteiger partial charge in [0.2, 0.25) is 0 Å². The lowest BCUT2D eigenvalue weighted by Gasteiger charge is -2.40. The zero-order chi connectivity index (χ0) is 14.2. The molecule has 1 aromatic heterocycles. The molecule has 106 valence electrons. The van der Waals surface area contributed by atoms with Crippen LogP contribution in [-0.4, -0.2) is 61.0 Å². The van der Waals surface area contributed by atoms with Crippen molar-refractivity contribution in [1.29, 1.82) is 0 Å². The molecule has 1 unspecified atom stereocenters. The fourth-order valence-corrected chi connectivity index (χ4v) is 1.93. The van der Waals surface area contributed by atoms with Gasteiger partial charge in [0.05, 0.1) is 6.61 Å². The molecule has 0 bridgehead atoms. The van der Waals surface area contributed by atoms with Gasteiger partial charge in [-0.05, 0) is 6.07 Å². The van der Waals surface area contributed by atoms with Gasteiger partial charge in [-0.25, -0.2) is 4.79 Å². The van der Waals surface area contributed by atoms with E-state index in [-0.39, 0.29) is 5.82 Å². The Morgan fingerprint density at radius 3 is 2.58 bits per heavy atom. The predicted octanol–water partition coefficient (Wildman–Crippen LogP) is -3.20. The summed E-state index contributed by atoms with van der Waals surface area (Å²) in [7, 11) is 0. The second-order valence-corrected chi connectivity index (χ2v) is 4.26. The van der Waals surface area contributed by atoms with E-state index in [0.717, 1.165) is 4.57 Å². The third kappa shape index (κ3) is 2.46. The zero-order valence-electron chi connectivity index (χ0n) is 9.83. The number of ether oxygens (including phenoxy) is 1. The molecule has 1 saturated heterocycles. The molecule has 19 heavy (non-hydrogen) atoms. The molecule has 2 heterocycles. The molecule has 2 rings (SSSR count). The van der Waals surface area contributed by atoms with Crippen molar-refractivity contribution in [2.75, 3.05) is 12.3 Å². The summed E-state index contributed by atoms with van der Waals surface area (Å²) < 4.78 is 6.14. The first-order valence-corrected chi connectivity index (χ1v) is 5.61. The Kier molecular flexibility index (Phi) is 3.83. The quantitative estimate of drug-likeness (QED) is 0.378. The Morgan fingerprint density at radius 1 is 1.32 bits per heavy atom. The van der Waals surface area contributed by atoms with E-state index in [1.165, 1.54) is 12.3 Å². The van der Waals surface area contributed by atoms with Crippen molar-refractivity contribution in [1.82, 2.24) is 9.55 Å². The third-order valence-electron chi connectivity index (χ3n) is 2.99. The Balaban J connectivity index is 2.35. The van der Waals surface area contributed by atoms with Crippen LogP contribution < -0.4 is 11.4 Å². The first-order valence-electron chi connectivity index (χ1n) is 5.61. The zero-order valence-corrected chi connectivity index (χ0v) is 9.83. The van der Waals surface area contributed by atoms with Gasteiger partial charge < -0.3 is 30.9 Å². The molecular formula is C10H15N3O6. The number of rotatable bonds is 2. The summed E-state index contributed by atoms with van der Waals surface area (Å²) in [5, 5.41) is 38.1. The van der Waals surface area contributed by atoms with Crippen LogP contribution in [0.3, 0.4) is 0 Å². The number of nitrogen functional groups attached to an aromatic ring is 1. The number of aliphatic hydroxyl groups excluding tert-OH is 4. The molecule has 0 saturated carbocycles. The Hall–Kier alpha value is -1.52. The van der Waals surface area contributed by atoms with E-state index in [1.807, 2.05) is 0 Å². The van der Waals surface area contributed by atoms with Crippen molar-refractivity contribution in [3.05, 3.63) is 22.7 Å². The van der Waals surface area contributed by atoms with Gasteiger partial charge >= 0.3 is 5.69 Å². The van der Waals surface area contributed by atoms with Crippen LogP contribution in [0, 0.1) is 0 Å². The van der Waals surface area contributed by atoms with Gasteiger partial charge in [0.25, 0.3) is 0 Å². The number of aliphatic hydroxyl groups is 4. The van der Waals surface area contributed by atoms with Gasteiger partial charge in [0.1, 0.15) is 30.2 Å². The molecular weight excluding hydrogens is 258 g/mol. The van der Waals surface area contributed by atoms with Crippen LogP contribution in [0.1, 0.15) is 6.23 Å². The molecule has 0 radical (unpaired) electrons. The van der Waals surface area contributed by atoms with Crippen LogP contribution in [0.4, 0.5) is 5.82 Å². The van der Waals surface area contributed by atoms with Gasteiger partial charge in [0.15, 0.2) is 6.23 Å². The molecule has 9 nitrogen and oxygen atoms in total. The highest BCUT2D eigenvalue weighted by atomic mass is 16.6. The van der Waals surface area contributed by atoms with E-state index >= 15 is 0 Å². The lowest BCUT2D eigenvalue weighted by Crippen LogP contribution is -2.57. The SMILES string of the molecule is Nc1ccn(C2O[C@H](CO)[C@H](O)[C@H](O)[C@H]2O)c(=O)n1. The smallest absolute Gasteiger partial charge is 0.351 e. The number of hydrogen-bond donors (Lipinski definition) is 5. The van der Waals surface area contributed by atoms with E-state index in [2.05, 4.69) is 4.98 Å². The molecule has 0 aliphatic carbocycles. The predicted molar refractivity (Wildman–Crippen MR) is 61.9 cm³/mol. The van der Waals surface area contributed by atoms with Crippen LogP contribution in [0.25, 0.3) is 0 Å². The van der Waals surface area contributed by atoms with Crippen LogP contribution in [-0.2, 0) is 4.74 Å². The number of hydrogen-bond acceptors (Lipinski definition) is 8. The maximum Gasteiger partial charge on any atom is 0.351 e. The fraction of sp³-hybridized carbons (Fsp3) is 0.600. The van der Waals surface area contributed by atoms with Crippen molar-refractivity contribution >= 4 is 5.82 Å². The van der Waals surface area contributed by atoms with Crippen molar-refractivity contribution < 1.29 is 25.2 Å². The molecule has 1 aliphatic rings. The maximum atomic E-state index is 11.6. The number of nitrogens with two attached hydrogens (primary N) is 1. The lowest BCUT2D eigenvalue weighted by atomic mass is 9.98. The molecule has 6 N–H and O–H groups in total. The highest BCUT2D eigenvalue weighted by Gasteiger charge is 2.44. The van der Waals surface area contributed by atoms with Crippen molar-refractivity contribution in [2.24, 2.45) is 0 Å². The Bertz CT molecular complexity index is 504. The first-order chi connectivity index (χ1) is 8.95. The summed E-state index contributed by atoms with van der Waals surface area (Å²) >= 11 is 0. The van der Waals surface area contributed by atoms with Gasteiger partial charge in [-0.2, -0.15) is 4.98 Å². The molecule has 1 fully saturated rings. The normalized spacial score (nSPS) is 35.3. The highest BCUT2D eigenvalue weighted by molar-refractivity contribution is 5.23. The minimum atomic E-state index is -1.56. The molecule has 0 spiro atoms. The minimum absolute atomic E-state index is 0.00541. The summed E-state index contributed by atoms with van der Waals surface area (Å²) in [5.41, 5.74) is 4.56. The Labute approximate surface area is 107 Å². The van der Waals surface area contributed by atoms with Crippen LogP contribution in [0.5, 0.6) is 0 Å². The van der Waals surface area contributed by atoms with Gasteiger partial charge in [-0.15, -0.1) is 0 Å². The van der Waals surface area contributed by atoms with Crippen LogP contribution in [0.2, 0.25) is 0 Å². The summed E-state index contributed by atoms with van der Waals surface area (Å²) in [6, 6.07) is 1.32. The molecule has 0 aromatic carbocycles. The average Bonchev–Trinajstić information content (AvgIpc) is 2.38. The number of aromatic nitrogens is 2. The summed E-state index contributed by atoms with van der Waals surface area (Å²) in [5.74, 6) is 0.00541. The van der Waals surface area contributed by atoms with E-state index in [4.69, 9.17) is 15.6 Å². The maximum absolute atomic E-state index is 11.6. The van der Waals surface area contributed by atoms with E-state index in [1.54, 1.807) is 0 Å². The molecule has 1 aromatic rings. The molecule has 0 amide bonds. The largest absolute Gasteiger partial charge is 0.394 e. The van der Waals surface area contributed by atoms with Crippen molar-refractivity contribution in [3.63, 3.8) is 0 Å². The van der Waals surface area contributed by atoms with Gasteiger partial charge in [-0.3, -0.25) is 4.57 Å². The molecule has 9 heteroatoms. The summed E-state index contributed by atoms with van der Waals surface area (Å²) in [6.07, 6.45) is -5.68. The average molecular weight is 273 g/mol. The standard InChI is InChI=1S/C10H15N3O6/c11-5-1-2-13(10(18)12-5)9-8(17)7(16)6(15)4(3-14)19-9/h1-2,4,6-9,14-17H,3H2,(H2,11,12,18)/t4-,6+,7+,8-,9?/m1/s1. The van der Waals surface area contributed by atoms with Gasteiger partial charge in [-0.1, -0.05) is 0 Å². The van der Waals surface area contributed by atoms with E-state index < -0.39 is 42.9 Å². The van der Waals surface area contributed by atoms with E-state index in [9.17, 15) is 20.1 Å². The highest BCUT2D eigenvalue weighted by Crippen LogP contribution is 2.27. The second kappa shape index (κ2) is 5.23. The van der Waals surface area contributed by atoms with Crippen LogP contribution >= 0.6 is 0 Å². The monoisotopic (exact) mass is 273 g/mol. The summed E-state index contributed by atoms with van der Waals surface area (Å²) in [6.45, 7) is -0.571. The van der Waals surface area contributed by atoms with E-state index in [0.29, 0.717) is 0 Å². The number of nitrogens with zero attached hydrogens (tertiary/aromatic N) is 2. The Morgan fingerprint density at radius 2 is 2.00 bits per heavy atom. The lowest BCUT2D eigenvalue weighted by molar-refractivity contribution is -0.252. The second-order valence-electron chi connectivity index (χ2n) is 4.26. The topological polar surface area (TPSA) is 151 Å². The fourth-order valence-electron chi connectivity index (χ4n) is 1.93. The van der Waals surface area contributed by atoms with Crippen molar-refractivity contribution in [3.8, 4) is 0 Å². The number of anilines is 1. The minimum Gasteiger partial charge on any atom is -0.394 e. The third-order valence-corrected chi connectivity index (χ3v) is 2.99. The van der Waals surface area contributed by atoms with Crippen LogP contribution in [0.15, 0.2) is 17.1 Å². The summed E-state index contributed by atoms with van der Waals surface area (Å²) in [4.78, 5) is 15.1. The molecule has 5 atom stereocenters.